The number of rotatable bonds is 2. The average Bonchev–Trinajstić information content (AvgIpc) is 2.57. The molecule has 1 aromatic carbocycles. The Kier molecular flexibility index (Phi) is 2.29. The highest BCUT2D eigenvalue weighted by molar-refractivity contribution is 6.08. The standard InChI is InChI=1S/C12H10O3/c1-2-5-9(13)12-11(14)8-6-3-4-7-10(8)15-12/h2-7,14H,1H3. The molecule has 1 aromatic heterocycles. The van der Waals surface area contributed by atoms with Crippen LogP contribution in [0.5, 0.6) is 5.75 Å². The van der Waals surface area contributed by atoms with Crippen molar-refractivity contribution in [1.29, 1.82) is 0 Å². The Balaban J connectivity index is 2.63. The Labute approximate surface area is 86.6 Å². The SMILES string of the molecule is CC=CC(=O)c1oc2ccccc2c1O. The molecule has 0 bridgehead atoms. The third kappa shape index (κ3) is 1.52. The van der Waals surface area contributed by atoms with E-state index in [2.05, 4.69) is 0 Å². The number of aromatic hydroxyl groups is 1. The van der Waals surface area contributed by atoms with Crippen LogP contribution in [0.3, 0.4) is 0 Å². The van der Waals surface area contributed by atoms with Crippen LogP contribution < -0.4 is 0 Å². The molecule has 0 spiro atoms. The van der Waals surface area contributed by atoms with E-state index < -0.39 is 0 Å². The van der Waals surface area contributed by atoms with Gasteiger partial charge in [-0.3, -0.25) is 4.79 Å². The van der Waals surface area contributed by atoms with Crippen molar-refractivity contribution < 1.29 is 14.3 Å². The summed E-state index contributed by atoms with van der Waals surface area (Å²) >= 11 is 0. The lowest BCUT2D eigenvalue weighted by Gasteiger charge is -1.89. The van der Waals surface area contributed by atoms with Crippen LogP contribution >= 0.6 is 0 Å². The van der Waals surface area contributed by atoms with Gasteiger partial charge in [-0.2, -0.15) is 0 Å². The number of fused-ring (bicyclic) bond motifs is 1. The molecule has 2 rings (SSSR count). The summed E-state index contributed by atoms with van der Waals surface area (Å²) in [5.74, 6) is -0.422. The van der Waals surface area contributed by atoms with E-state index in [9.17, 15) is 9.90 Å². The lowest BCUT2D eigenvalue weighted by molar-refractivity contribution is 0.102. The maximum atomic E-state index is 11.5. The van der Waals surface area contributed by atoms with E-state index in [1.807, 2.05) is 0 Å². The van der Waals surface area contributed by atoms with Crippen molar-refractivity contribution in [3.63, 3.8) is 0 Å². The van der Waals surface area contributed by atoms with E-state index in [1.165, 1.54) is 6.08 Å². The molecule has 0 amide bonds. The van der Waals surface area contributed by atoms with Gasteiger partial charge < -0.3 is 9.52 Å². The van der Waals surface area contributed by atoms with Gasteiger partial charge in [0.1, 0.15) is 5.58 Å². The molecule has 0 saturated carbocycles. The lowest BCUT2D eigenvalue weighted by Crippen LogP contribution is -1.90. The number of ketones is 1. The fraction of sp³-hybridized carbons (Fsp3) is 0.0833. The molecule has 2 aromatic rings. The zero-order valence-corrected chi connectivity index (χ0v) is 8.23. The largest absolute Gasteiger partial charge is 0.504 e. The van der Waals surface area contributed by atoms with Gasteiger partial charge in [0.05, 0.1) is 5.39 Å². The molecule has 0 fully saturated rings. The van der Waals surface area contributed by atoms with Crippen LogP contribution in [0.15, 0.2) is 40.8 Å². The minimum Gasteiger partial charge on any atom is -0.504 e. The second-order valence-electron chi connectivity index (χ2n) is 3.14. The quantitative estimate of drug-likeness (QED) is 0.601. The van der Waals surface area contributed by atoms with Crippen LogP contribution in [-0.2, 0) is 0 Å². The topological polar surface area (TPSA) is 50.4 Å². The minimum absolute atomic E-state index is 0.00528. The summed E-state index contributed by atoms with van der Waals surface area (Å²) in [4.78, 5) is 11.5. The van der Waals surface area contributed by atoms with E-state index >= 15 is 0 Å². The van der Waals surface area contributed by atoms with Gasteiger partial charge in [0, 0.05) is 0 Å². The predicted octanol–water partition coefficient (Wildman–Crippen LogP) is 2.90. The molecule has 76 valence electrons. The predicted molar refractivity (Wildman–Crippen MR) is 57.0 cm³/mol. The van der Waals surface area contributed by atoms with E-state index in [1.54, 1.807) is 37.3 Å². The van der Waals surface area contributed by atoms with Crippen LogP contribution in [0.1, 0.15) is 17.5 Å². The van der Waals surface area contributed by atoms with Gasteiger partial charge in [-0.05, 0) is 25.1 Å². The van der Waals surface area contributed by atoms with Crippen molar-refractivity contribution in [2.45, 2.75) is 6.92 Å². The monoisotopic (exact) mass is 202 g/mol. The molecule has 1 N–H and O–H groups in total. The molecule has 0 saturated heterocycles. The Hall–Kier alpha value is -2.03. The molecule has 0 aliphatic rings. The highest BCUT2D eigenvalue weighted by Gasteiger charge is 2.17. The van der Waals surface area contributed by atoms with Crippen molar-refractivity contribution in [2.75, 3.05) is 0 Å². The number of hydrogen-bond acceptors (Lipinski definition) is 3. The molecule has 0 aliphatic heterocycles. The first-order valence-corrected chi connectivity index (χ1v) is 4.61. The van der Waals surface area contributed by atoms with Crippen molar-refractivity contribution >= 4 is 16.8 Å². The first kappa shape index (κ1) is 9.52. The third-order valence-corrected chi connectivity index (χ3v) is 2.11. The molecule has 0 radical (unpaired) electrons. The van der Waals surface area contributed by atoms with Crippen LogP contribution in [-0.4, -0.2) is 10.9 Å². The van der Waals surface area contributed by atoms with E-state index in [0.717, 1.165) is 0 Å². The number of furan rings is 1. The van der Waals surface area contributed by atoms with Crippen LogP contribution in [0.2, 0.25) is 0 Å². The van der Waals surface area contributed by atoms with Gasteiger partial charge in [0.25, 0.3) is 0 Å². The van der Waals surface area contributed by atoms with Crippen molar-refractivity contribution in [1.82, 2.24) is 0 Å². The van der Waals surface area contributed by atoms with Gasteiger partial charge in [0.2, 0.25) is 11.5 Å². The van der Waals surface area contributed by atoms with Gasteiger partial charge in [-0.15, -0.1) is 0 Å². The molecule has 0 atom stereocenters. The first-order chi connectivity index (χ1) is 7.24. The Morgan fingerprint density at radius 1 is 1.40 bits per heavy atom. The molecular weight excluding hydrogens is 192 g/mol. The number of allylic oxidation sites excluding steroid dienone is 2. The molecule has 15 heavy (non-hydrogen) atoms. The zero-order chi connectivity index (χ0) is 10.8. The fourth-order valence-electron chi connectivity index (χ4n) is 1.43. The molecule has 0 aliphatic carbocycles. The maximum Gasteiger partial charge on any atom is 0.224 e. The number of benzene rings is 1. The molecule has 3 heteroatoms. The molecule has 1 heterocycles. The summed E-state index contributed by atoms with van der Waals surface area (Å²) in [6.45, 7) is 1.73. The normalized spacial score (nSPS) is 11.3. The van der Waals surface area contributed by atoms with E-state index in [-0.39, 0.29) is 17.3 Å². The number of carbonyl (C=O) groups excluding carboxylic acids is 1. The summed E-state index contributed by atoms with van der Waals surface area (Å²) in [7, 11) is 0. The van der Waals surface area contributed by atoms with Crippen molar-refractivity contribution in [3.8, 4) is 5.75 Å². The van der Waals surface area contributed by atoms with Crippen LogP contribution in [0, 0.1) is 0 Å². The van der Waals surface area contributed by atoms with Crippen LogP contribution in [0.4, 0.5) is 0 Å². The van der Waals surface area contributed by atoms with Gasteiger partial charge in [0.15, 0.2) is 5.75 Å². The smallest absolute Gasteiger partial charge is 0.224 e. The van der Waals surface area contributed by atoms with Gasteiger partial charge >= 0.3 is 0 Å². The molecular formula is C12H10O3. The minimum atomic E-state index is -0.328. The summed E-state index contributed by atoms with van der Waals surface area (Å²) in [5, 5.41) is 10.3. The van der Waals surface area contributed by atoms with E-state index in [0.29, 0.717) is 11.0 Å². The third-order valence-electron chi connectivity index (χ3n) is 2.11. The van der Waals surface area contributed by atoms with Crippen LogP contribution in [0.25, 0.3) is 11.0 Å². The van der Waals surface area contributed by atoms with E-state index in [4.69, 9.17) is 4.42 Å². The number of carbonyl (C=O) groups is 1. The second-order valence-corrected chi connectivity index (χ2v) is 3.14. The average molecular weight is 202 g/mol. The number of hydrogen-bond donors (Lipinski definition) is 1. The Bertz CT molecular complexity index is 535. The zero-order valence-electron chi connectivity index (χ0n) is 8.23. The Morgan fingerprint density at radius 3 is 2.80 bits per heavy atom. The lowest BCUT2D eigenvalue weighted by atomic mass is 10.2. The fourth-order valence-corrected chi connectivity index (χ4v) is 1.43. The van der Waals surface area contributed by atoms with Crippen molar-refractivity contribution in [3.05, 3.63) is 42.2 Å². The Morgan fingerprint density at radius 2 is 2.13 bits per heavy atom. The maximum absolute atomic E-state index is 11.5. The second kappa shape index (κ2) is 3.61. The highest BCUT2D eigenvalue weighted by atomic mass is 16.4. The summed E-state index contributed by atoms with van der Waals surface area (Å²) < 4.78 is 5.26. The molecule has 0 unspecified atom stereocenters. The molecule has 3 nitrogen and oxygen atoms in total. The van der Waals surface area contributed by atoms with Gasteiger partial charge in [-0.1, -0.05) is 18.2 Å². The first-order valence-electron chi connectivity index (χ1n) is 4.61. The summed E-state index contributed by atoms with van der Waals surface area (Å²) in [5.41, 5.74) is 0.517. The summed E-state index contributed by atoms with van der Waals surface area (Å²) in [6.07, 6.45) is 2.96. The van der Waals surface area contributed by atoms with Crippen molar-refractivity contribution in [2.24, 2.45) is 0 Å². The number of para-hydroxylation sites is 1. The summed E-state index contributed by atoms with van der Waals surface area (Å²) in [6, 6.07) is 6.98. The van der Waals surface area contributed by atoms with Gasteiger partial charge in [-0.25, -0.2) is 0 Å². The highest BCUT2D eigenvalue weighted by Crippen LogP contribution is 2.31.